The van der Waals surface area contributed by atoms with E-state index in [-0.39, 0.29) is 11.6 Å². The summed E-state index contributed by atoms with van der Waals surface area (Å²) in [5.74, 6) is 1.96. The van der Waals surface area contributed by atoms with Crippen LogP contribution in [0.15, 0.2) is 22.7 Å². The van der Waals surface area contributed by atoms with Crippen molar-refractivity contribution < 1.29 is 9.72 Å². The third-order valence-electron chi connectivity index (χ3n) is 3.22. The van der Waals surface area contributed by atoms with Crippen molar-refractivity contribution in [2.45, 2.75) is 0 Å². The minimum absolute atomic E-state index is 0.0867. The summed E-state index contributed by atoms with van der Waals surface area (Å²) in [6.45, 7) is 3.43. The maximum absolute atomic E-state index is 12.1. The monoisotopic (exact) mass is 373 g/mol. The molecule has 0 bridgehead atoms. The summed E-state index contributed by atoms with van der Waals surface area (Å²) in [5, 5.41) is 13.6. The number of nitrogens with zero attached hydrogens (tertiary/aromatic N) is 2. The zero-order valence-corrected chi connectivity index (χ0v) is 13.8. The van der Waals surface area contributed by atoms with Crippen molar-refractivity contribution in [3.63, 3.8) is 0 Å². The van der Waals surface area contributed by atoms with Gasteiger partial charge in [0.05, 0.1) is 10.5 Å². The van der Waals surface area contributed by atoms with Crippen molar-refractivity contribution in [3.8, 4) is 0 Å². The van der Waals surface area contributed by atoms with Crippen LogP contribution in [0.1, 0.15) is 10.4 Å². The van der Waals surface area contributed by atoms with Crippen LogP contribution < -0.4 is 5.32 Å². The Labute approximate surface area is 135 Å². The van der Waals surface area contributed by atoms with E-state index >= 15 is 0 Å². The van der Waals surface area contributed by atoms with Gasteiger partial charge in [0, 0.05) is 54.3 Å². The summed E-state index contributed by atoms with van der Waals surface area (Å²) in [4.78, 5) is 24.7. The molecule has 21 heavy (non-hydrogen) atoms. The Balaban J connectivity index is 1.90. The Hall–Kier alpha value is -1.12. The molecule has 1 amide bonds. The van der Waals surface area contributed by atoms with Gasteiger partial charge in [-0.25, -0.2) is 0 Å². The second kappa shape index (κ2) is 7.77. The lowest BCUT2D eigenvalue weighted by molar-refractivity contribution is -0.384. The standard InChI is InChI=1S/C13H16BrN3O3S/c14-12-2-1-10(17(19)20)9-11(12)13(18)15-3-4-16-5-7-21-8-6-16/h1-2,9H,3-8H2,(H,15,18). The zero-order valence-electron chi connectivity index (χ0n) is 11.4. The molecule has 2 rings (SSSR count). The molecule has 0 unspecified atom stereocenters. The molecule has 1 aliphatic heterocycles. The molecule has 0 radical (unpaired) electrons. The number of halogens is 1. The smallest absolute Gasteiger partial charge is 0.270 e. The minimum atomic E-state index is -0.505. The minimum Gasteiger partial charge on any atom is -0.351 e. The molecule has 1 aliphatic rings. The van der Waals surface area contributed by atoms with Crippen LogP contribution in [0, 0.1) is 10.1 Å². The Kier molecular flexibility index (Phi) is 6.01. The van der Waals surface area contributed by atoms with Crippen molar-refractivity contribution in [3.05, 3.63) is 38.3 Å². The first kappa shape index (κ1) is 16.3. The molecule has 1 fully saturated rings. The van der Waals surface area contributed by atoms with Crippen LogP contribution in [0.4, 0.5) is 5.69 Å². The fraction of sp³-hybridized carbons (Fsp3) is 0.462. The predicted octanol–water partition coefficient (Wildman–Crippen LogP) is 2.14. The predicted molar refractivity (Wildman–Crippen MR) is 86.9 cm³/mol. The number of hydrogen-bond donors (Lipinski definition) is 1. The molecule has 0 aliphatic carbocycles. The number of nitro benzene ring substituents is 1. The van der Waals surface area contributed by atoms with Crippen LogP contribution in [0.25, 0.3) is 0 Å². The van der Waals surface area contributed by atoms with E-state index in [9.17, 15) is 14.9 Å². The van der Waals surface area contributed by atoms with Crippen molar-refractivity contribution in [1.29, 1.82) is 0 Å². The van der Waals surface area contributed by atoms with E-state index in [0.717, 1.165) is 31.1 Å². The van der Waals surface area contributed by atoms with Crippen LogP contribution in [0.3, 0.4) is 0 Å². The first-order valence-corrected chi connectivity index (χ1v) is 8.55. The molecule has 1 N–H and O–H groups in total. The van der Waals surface area contributed by atoms with E-state index in [1.54, 1.807) is 0 Å². The third kappa shape index (κ3) is 4.69. The van der Waals surface area contributed by atoms with Crippen LogP contribution in [-0.2, 0) is 0 Å². The molecule has 1 heterocycles. The third-order valence-corrected chi connectivity index (χ3v) is 4.86. The van der Waals surface area contributed by atoms with Gasteiger partial charge < -0.3 is 5.32 Å². The maximum Gasteiger partial charge on any atom is 0.270 e. The lowest BCUT2D eigenvalue weighted by Gasteiger charge is -2.26. The molecular weight excluding hydrogens is 358 g/mol. The lowest BCUT2D eigenvalue weighted by Crippen LogP contribution is -2.39. The van der Waals surface area contributed by atoms with Gasteiger partial charge in [0.25, 0.3) is 11.6 Å². The molecule has 8 heteroatoms. The van der Waals surface area contributed by atoms with Gasteiger partial charge in [-0.05, 0) is 22.0 Å². The maximum atomic E-state index is 12.1. The van der Waals surface area contributed by atoms with Crippen LogP contribution in [0.5, 0.6) is 0 Å². The Morgan fingerprint density at radius 3 is 2.81 bits per heavy atom. The summed E-state index contributed by atoms with van der Waals surface area (Å²) in [6, 6.07) is 4.18. The van der Waals surface area contributed by atoms with Gasteiger partial charge in [-0.1, -0.05) is 0 Å². The number of benzene rings is 1. The number of rotatable bonds is 5. The number of thioether (sulfide) groups is 1. The number of carbonyl (C=O) groups is 1. The number of hydrogen-bond acceptors (Lipinski definition) is 5. The SMILES string of the molecule is O=C(NCCN1CCSCC1)c1cc([N+](=O)[O-])ccc1Br. The Bertz CT molecular complexity index is 535. The molecular formula is C13H16BrN3O3S. The molecule has 6 nitrogen and oxygen atoms in total. The van der Waals surface area contributed by atoms with Crippen LogP contribution in [0.2, 0.25) is 0 Å². The summed E-state index contributed by atoms with van der Waals surface area (Å²) in [7, 11) is 0. The lowest BCUT2D eigenvalue weighted by atomic mass is 10.2. The number of carbonyl (C=O) groups excluding carboxylic acids is 1. The summed E-state index contributed by atoms with van der Waals surface area (Å²) < 4.78 is 0.556. The van der Waals surface area contributed by atoms with Crippen molar-refractivity contribution in [1.82, 2.24) is 10.2 Å². The fourth-order valence-electron chi connectivity index (χ4n) is 2.05. The van der Waals surface area contributed by atoms with Gasteiger partial charge in [0.15, 0.2) is 0 Å². The van der Waals surface area contributed by atoms with E-state index < -0.39 is 4.92 Å². The van der Waals surface area contributed by atoms with E-state index in [4.69, 9.17) is 0 Å². The molecule has 1 aromatic carbocycles. The van der Waals surface area contributed by atoms with E-state index in [1.165, 1.54) is 18.2 Å². The largest absolute Gasteiger partial charge is 0.351 e. The first-order chi connectivity index (χ1) is 10.1. The average Bonchev–Trinajstić information content (AvgIpc) is 2.48. The first-order valence-electron chi connectivity index (χ1n) is 6.60. The Morgan fingerprint density at radius 2 is 2.14 bits per heavy atom. The van der Waals surface area contributed by atoms with Crippen molar-refractivity contribution in [2.24, 2.45) is 0 Å². The molecule has 1 saturated heterocycles. The topological polar surface area (TPSA) is 75.5 Å². The van der Waals surface area contributed by atoms with E-state index in [2.05, 4.69) is 26.1 Å². The quantitative estimate of drug-likeness (QED) is 0.631. The normalized spacial score (nSPS) is 15.7. The van der Waals surface area contributed by atoms with Gasteiger partial charge in [-0.15, -0.1) is 0 Å². The number of nitro groups is 1. The second-order valence-corrected chi connectivity index (χ2v) is 6.71. The number of non-ortho nitro benzene ring substituents is 1. The average molecular weight is 374 g/mol. The molecule has 0 atom stereocenters. The summed E-state index contributed by atoms with van der Waals surface area (Å²) >= 11 is 5.19. The molecule has 0 saturated carbocycles. The van der Waals surface area contributed by atoms with E-state index in [0.29, 0.717) is 16.6 Å². The van der Waals surface area contributed by atoms with E-state index in [1.807, 2.05) is 11.8 Å². The summed E-state index contributed by atoms with van der Waals surface area (Å²) in [5.41, 5.74) is 0.204. The number of amides is 1. The zero-order chi connectivity index (χ0) is 15.2. The van der Waals surface area contributed by atoms with Gasteiger partial charge in [0.1, 0.15) is 0 Å². The van der Waals surface area contributed by atoms with Crippen LogP contribution >= 0.6 is 27.7 Å². The van der Waals surface area contributed by atoms with Crippen LogP contribution in [-0.4, -0.2) is 53.4 Å². The highest BCUT2D eigenvalue weighted by atomic mass is 79.9. The van der Waals surface area contributed by atoms with Gasteiger partial charge >= 0.3 is 0 Å². The van der Waals surface area contributed by atoms with Gasteiger partial charge in [0.2, 0.25) is 0 Å². The molecule has 114 valence electrons. The molecule has 1 aromatic rings. The summed E-state index contributed by atoms with van der Waals surface area (Å²) in [6.07, 6.45) is 0. The highest BCUT2D eigenvalue weighted by Gasteiger charge is 2.16. The fourth-order valence-corrected chi connectivity index (χ4v) is 3.45. The second-order valence-electron chi connectivity index (χ2n) is 4.63. The highest BCUT2D eigenvalue weighted by Crippen LogP contribution is 2.22. The highest BCUT2D eigenvalue weighted by molar-refractivity contribution is 9.10. The van der Waals surface area contributed by atoms with Gasteiger partial charge in [-0.3, -0.25) is 19.8 Å². The van der Waals surface area contributed by atoms with Crippen molar-refractivity contribution in [2.75, 3.05) is 37.7 Å². The van der Waals surface area contributed by atoms with Gasteiger partial charge in [-0.2, -0.15) is 11.8 Å². The van der Waals surface area contributed by atoms with Crippen molar-refractivity contribution >= 4 is 39.3 Å². The Morgan fingerprint density at radius 1 is 1.43 bits per heavy atom. The molecule has 0 aromatic heterocycles. The molecule has 0 spiro atoms. The number of nitrogens with one attached hydrogen (secondary N) is 1.